The standard InChI is InChI=1S/C33H35N3O6/c1-4-5-6-14-31(38)35-27-13-8-7-12-25(27)34-26-18-23(21-10-9-11-24(17-21)36(39)40)19-28(37)32(26)33(35)22-15-16-29(41-2)30(20-22)42-3/h7-13,15-17,20,23,33-34H,4-6,14,18-19H2,1-3H3/t23-,33-/m0/s1. The summed E-state index contributed by atoms with van der Waals surface area (Å²) in [6.45, 7) is 2.09. The molecule has 1 amide bonds. The van der Waals surface area contributed by atoms with Crippen molar-refractivity contribution in [3.8, 4) is 11.5 Å². The predicted molar refractivity (Wildman–Crippen MR) is 161 cm³/mol. The van der Waals surface area contributed by atoms with Crippen LogP contribution in [0.1, 0.15) is 68.5 Å². The zero-order chi connectivity index (χ0) is 29.8. The fraction of sp³-hybridized carbons (Fsp3) is 0.333. The molecule has 1 aliphatic heterocycles. The minimum atomic E-state index is -0.705. The number of methoxy groups -OCH3 is 2. The minimum Gasteiger partial charge on any atom is -0.493 e. The molecule has 42 heavy (non-hydrogen) atoms. The van der Waals surface area contributed by atoms with E-state index in [-0.39, 0.29) is 29.7 Å². The number of nitro groups is 1. The lowest BCUT2D eigenvalue weighted by molar-refractivity contribution is -0.384. The third-order valence-electron chi connectivity index (χ3n) is 8.03. The quantitative estimate of drug-likeness (QED) is 0.166. The zero-order valence-corrected chi connectivity index (χ0v) is 24.1. The molecule has 218 valence electrons. The van der Waals surface area contributed by atoms with Gasteiger partial charge in [-0.25, -0.2) is 0 Å². The molecule has 9 heteroatoms. The highest BCUT2D eigenvalue weighted by Crippen LogP contribution is 2.48. The van der Waals surface area contributed by atoms with Gasteiger partial charge in [0.05, 0.1) is 36.6 Å². The maximum atomic E-state index is 14.2. The Morgan fingerprint density at radius 2 is 1.76 bits per heavy atom. The van der Waals surface area contributed by atoms with Crippen LogP contribution in [0.4, 0.5) is 17.1 Å². The number of unbranched alkanes of at least 4 members (excludes halogenated alkanes) is 2. The van der Waals surface area contributed by atoms with Gasteiger partial charge in [0.15, 0.2) is 17.3 Å². The van der Waals surface area contributed by atoms with E-state index in [4.69, 9.17) is 9.47 Å². The summed E-state index contributed by atoms with van der Waals surface area (Å²) in [5.41, 5.74) is 4.09. The summed E-state index contributed by atoms with van der Waals surface area (Å²) < 4.78 is 11.1. The number of hydrogen-bond acceptors (Lipinski definition) is 7. The highest BCUT2D eigenvalue weighted by molar-refractivity contribution is 6.06. The molecule has 9 nitrogen and oxygen atoms in total. The molecule has 3 aromatic rings. The van der Waals surface area contributed by atoms with E-state index in [1.54, 1.807) is 37.3 Å². The van der Waals surface area contributed by atoms with Crippen LogP contribution in [0.15, 0.2) is 78.0 Å². The molecule has 0 spiro atoms. The Balaban J connectivity index is 1.68. The molecule has 0 saturated heterocycles. The number of nitrogens with one attached hydrogen (secondary N) is 1. The number of fused-ring (bicyclic) bond motifs is 1. The van der Waals surface area contributed by atoms with E-state index >= 15 is 0 Å². The number of anilines is 2. The van der Waals surface area contributed by atoms with Gasteiger partial charge in [-0.2, -0.15) is 0 Å². The van der Waals surface area contributed by atoms with Crippen LogP contribution in [0.5, 0.6) is 11.5 Å². The molecule has 3 aromatic carbocycles. The average molecular weight is 570 g/mol. The van der Waals surface area contributed by atoms with E-state index in [1.165, 1.54) is 6.07 Å². The van der Waals surface area contributed by atoms with Gasteiger partial charge in [0.25, 0.3) is 5.69 Å². The lowest BCUT2D eigenvalue weighted by atomic mass is 9.78. The molecule has 2 aliphatic rings. The first-order chi connectivity index (χ1) is 20.4. The van der Waals surface area contributed by atoms with Crippen molar-refractivity contribution in [2.75, 3.05) is 24.4 Å². The lowest BCUT2D eigenvalue weighted by Crippen LogP contribution is -2.38. The number of carbonyl (C=O) groups excluding carboxylic acids is 2. The smallest absolute Gasteiger partial charge is 0.269 e. The van der Waals surface area contributed by atoms with Gasteiger partial charge in [0.1, 0.15) is 0 Å². The fourth-order valence-electron chi connectivity index (χ4n) is 5.98. The van der Waals surface area contributed by atoms with E-state index in [0.717, 1.165) is 36.1 Å². The van der Waals surface area contributed by atoms with Crippen LogP contribution < -0.4 is 19.7 Å². The molecular formula is C33H35N3O6. The van der Waals surface area contributed by atoms with E-state index in [2.05, 4.69) is 12.2 Å². The van der Waals surface area contributed by atoms with Crippen molar-refractivity contribution in [2.24, 2.45) is 0 Å². The Labute approximate surface area is 245 Å². The van der Waals surface area contributed by atoms with Crippen LogP contribution in [-0.4, -0.2) is 30.8 Å². The van der Waals surface area contributed by atoms with E-state index < -0.39 is 11.0 Å². The first-order valence-corrected chi connectivity index (χ1v) is 14.3. The molecule has 0 unspecified atom stereocenters. The number of ether oxygens (including phenoxy) is 2. The van der Waals surface area contributed by atoms with Gasteiger partial charge in [-0.05, 0) is 54.2 Å². The Morgan fingerprint density at radius 1 is 0.976 bits per heavy atom. The molecular weight excluding hydrogens is 534 g/mol. The van der Waals surface area contributed by atoms with E-state index in [0.29, 0.717) is 41.3 Å². The van der Waals surface area contributed by atoms with Crippen molar-refractivity contribution in [3.05, 3.63) is 99.2 Å². The highest BCUT2D eigenvalue weighted by Gasteiger charge is 2.41. The summed E-state index contributed by atoms with van der Waals surface area (Å²) in [4.78, 5) is 41.1. The summed E-state index contributed by atoms with van der Waals surface area (Å²) in [5.74, 6) is 0.607. The Morgan fingerprint density at radius 3 is 2.50 bits per heavy atom. The number of carbonyl (C=O) groups is 2. The number of hydrogen-bond donors (Lipinski definition) is 1. The normalized spacial score (nSPS) is 18.0. The molecule has 1 N–H and O–H groups in total. The fourth-order valence-corrected chi connectivity index (χ4v) is 5.98. The van der Waals surface area contributed by atoms with Crippen molar-refractivity contribution in [3.63, 3.8) is 0 Å². The van der Waals surface area contributed by atoms with Crippen LogP contribution in [0.2, 0.25) is 0 Å². The number of non-ortho nitro benzene ring substituents is 1. The first kappa shape index (κ1) is 28.9. The SMILES string of the molecule is CCCCCC(=O)N1c2ccccc2NC2=C(C(=O)C[C@@H](c3cccc([N+](=O)[O-])c3)C2)[C@@H]1c1ccc(OC)c(OC)c1. The van der Waals surface area contributed by atoms with Crippen LogP contribution in [0, 0.1) is 10.1 Å². The second-order valence-electron chi connectivity index (χ2n) is 10.7. The molecule has 2 atom stereocenters. The Hall–Kier alpha value is -4.66. The summed E-state index contributed by atoms with van der Waals surface area (Å²) in [6.07, 6.45) is 3.63. The molecule has 0 radical (unpaired) electrons. The van der Waals surface area contributed by atoms with Gasteiger partial charge >= 0.3 is 0 Å². The van der Waals surface area contributed by atoms with E-state index in [1.807, 2.05) is 42.5 Å². The monoisotopic (exact) mass is 569 g/mol. The van der Waals surface area contributed by atoms with Gasteiger partial charge < -0.3 is 14.8 Å². The number of ketones is 1. The van der Waals surface area contributed by atoms with Gasteiger partial charge in [0, 0.05) is 36.2 Å². The van der Waals surface area contributed by atoms with Crippen LogP contribution in [-0.2, 0) is 9.59 Å². The number of amides is 1. The Bertz CT molecular complexity index is 1550. The summed E-state index contributed by atoms with van der Waals surface area (Å²) >= 11 is 0. The van der Waals surface area contributed by atoms with E-state index in [9.17, 15) is 19.7 Å². The third kappa shape index (κ3) is 5.59. The van der Waals surface area contributed by atoms with Crippen LogP contribution in [0.3, 0.4) is 0 Å². The van der Waals surface area contributed by atoms with Gasteiger partial charge in [0.2, 0.25) is 5.91 Å². The number of allylic oxidation sites excluding steroid dienone is 1. The first-order valence-electron chi connectivity index (χ1n) is 14.3. The molecule has 0 saturated carbocycles. The number of nitro benzene ring substituents is 1. The van der Waals surface area contributed by atoms with Gasteiger partial charge in [-0.1, -0.05) is 50.1 Å². The summed E-state index contributed by atoms with van der Waals surface area (Å²) in [6, 6.07) is 18.8. The maximum Gasteiger partial charge on any atom is 0.269 e. The lowest BCUT2D eigenvalue weighted by Gasteiger charge is -2.35. The molecule has 5 rings (SSSR count). The second-order valence-corrected chi connectivity index (χ2v) is 10.7. The van der Waals surface area contributed by atoms with Crippen molar-refractivity contribution >= 4 is 28.8 Å². The molecule has 0 bridgehead atoms. The largest absolute Gasteiger partial charge is 0.493 e. The van der Waals surface area contributed by atoms with Gasteiger partial charge in [-0.15, -0.1) is 0 Å². The molecule has 0 aromatic heterocycles. The number of Topliss-reactive ketones (excluding diaryl/α,β-unsaturated/α-hetero) is 1. The molecule has 0 fully saturated rings. The van der Waals surface area contributed by atoms with Gasteiger partial charge in [-0.3, -0.25) is 24.6 Å². The van der Waals surface area contributed by atoms with Crippen LogP contribution in [0.25, 0.3) is 0 Å². The van der Waals surface area contributed by atoms with Crippen LogP contribution >= 0.6 is 0 Å². The third-order valence-corrected chi connectivity index (χ3v) is 8.03. The number of nitrogens with zero attached hydrogens (tertiary/aromatic N) is 2. The predicted octanol–water partition coefficient (Wildman–Crippen LogP) is 7.09. The number of para-hydroxylation sites is 2. The Kier molecular flexibility index (Phi) is 8.56. The summed E-state index contributed by atoms with van der Waals surface area (Å²) in [5, 5.41) is 15.0. The van der Waals surface area contributed by atoms with Crippen molar-refractivity contribution in [2.45, 2.75) is 57.4 Å². The summed E-state index contributed by atoms with van der Waals surface area (Å²) in [7, 11) is 3.12. The van der Waals surface area contributed by atoms with Crippen molar-refractivity contribution < 1.29 is 24.0 Å². The molecule has 1 heterocycles. The highest BCUT2D eigenvalue weighted by atomic mass is 16.6. The topological polar surface area (TPSA) is 111 Å². The molecule has 1 aliphatic carbocycles. The number of rotatable bonds is 9. The average Bonchev–Trinajstić information content (AvgIpc) is 3.15. The number of benzene rings is 3. The van der Waals surface area contributed by atoms with Crippen molar-refractivity contribution in [1.29, 1.82) is 0 Å². The zero-order valence-electron chi connectivity index (χ0n) is 24.1. The van der Waals surface area contributed by atoms with Crippen molar-refractivity contribution in [1.82, 2.24) is 0 Å². The second kappa shape index (κ2) is 12.5. The maximum absolute atomic E-state index is 14.2. The minimum absolute atomic E-state index is 0.00838.